The molecule has 0 heterocycles. The van der Waals surface area contributed by atoms with Gasteiger partial charge in [0.1, 0.15) is 0 Å². The normalized spacial score (nSPS) is 15.3. The predicted molar refractivity (Wildman–Crippen MR) is 75.9 cm³/mol. The highest BCUT2D eigenvalue weighted by Crippen LogP contribution is 2.18. The third-order valence-electron chi connectivity index (χ3n) is 2.67. The first-order valence-corrected chi connectivity index (χ1v) is 6.05. The van der Waals surface area contributed by atoms with Crippen LogP contribution in [-0.2, 0) is 4.79 Å². The summed E-state index contributed by atoms with van der Waals surface area (Å²) >= 11 is 0. The molecule has 96 valence electrons. The molecule has 0 fully saturated rings. The van der Waals surface area contributed by atoms with Gasteiger partial charge in [-0.25, -0.2) is 4.99 Å². The minimum Gasteiger partial charge on any atom is -0.384 e. The maximum atomic E-state index is 10.8. The Hall–Kier alpha value is -2.26. The summed E-state index contributed by atoms with van der Waals surface area (Å²) in [7, 11) is 0. The van der Waals surface area contributed by atoms with Crippen LogP contribution in [0.1, 0.15) is 18.6 Å². The second-order valence-electron chi connectivity index (χ2n) is 4.24. The molecular weight excluding hydrogens is 238 g/mol. The monoisotopic (exact) mass is 253 g/mol. The third kappa shape index (κ3) is 3.86. The molecule has 1 amide bonds. The highest BCUT2D eigenvalue weighted by Gasteiger charge is 2.05. The molecule has 2 rings (SSSR count). The van der Waals surface area contributed by atoms with Crippen molar-refractivity contribution < 1.29 is 9.90 Å². The van der Waals surface area contributed by atoms with E-state index in [1.807, 2.05) is 42.5 Å². The molecule has 0 saturated carbocycles. The lowest BCUT2D eigenvalue weighted by atomic mass is 10.0. The molecule has 1 aliphatic rings. The van der Waals surface area contributed by atoms with Gasteiger partial charge in [0.25, 0.3) is 0 Å². The van der Waals surface area contributed by atoms with Crippen molar-refractivity contribution in [2.75, 3.05) is 0 Å². The number of carbonyl (C=O) groups is 1. The average molecular weight is 253 g/mol. The minimum absolute atomic E-state index is 0.221. The summed E-state index contributed by atoms with van der Waals surface area (Å²) in [5, 5.41) is 10.1. The van der Waals surface area contributed by atoms with Gasteiger partial charge in [0.05, 0.1) is 11.8 Å². The maximum absolute atomic E-state index is 10.8. The van der Waals surface area contributed by atoms with Crippen LogP contribution < -0.4 is 0 Å². The minimum atomic E-state index is -0.642. The van der Waals surface area contributed by atoms with E-state index in [1.54, 1.807) is 18.2 Å². The van der Waals surface area contributed by atoms with E-state index in [0.29, 0.717) is 5.71 Å². The molecule has 1 aromatic carbocycles. The molecule has 1 atom stereocenters. The molecule has 3 heteroatoms. The lowest BCUT2D eigenvalue weighted by molar-refractivity contribution is -0.115. The highest BCUT2D eigenvalue weighted by molar-refractivity contribution is 6.10. The van der Waals surface area contributed by atoms with E-state index < -0.39 is 6.10 Å². The molecule has 0 aromatic heterocycles. The Morgan fingerprint density at radius 2 is 1.79 bits per heavy atom. The summed E-state index contributed by atoms with van der Waals surface area (Å²) in [4.78, 5) is 14.7. The van der Waals surface area contributed by atoms with Gasteiger partial charge in [-0.3, -0.25) is 4.79 Å². The van der Waals surface area contributed by atoms with Crippen molar-refractivity contribution in [2.45, 2.75) is 13.0 Å². The molecule has 3 nitrogen and oxygen atoms in total. The van der Waals surface area contributed by atoms with Gasteiger partial charge in [-0.2, -0.15) is 0 Å². The quantitative estimate of drug-likeness (QED) is 0.881. The van der Waals surface area contributed by atoms with Gasteiger partial charge in [0.15, 0.2) is 0 Å². The van der Waals surface area contributed by atoms with Gasteiger partial charge in [-0.1, -0.05) is 42.5 Å². The summed E-state index contributed by atoms with van der Waals surface area (Å²) < 4.78 is 0. The number of rotatable bonds is 2. The van der Waals surface area contributed by atoms with E-state index in [-0.39, 0.29) is 5.91 Å². The van der Waals surface area contributed by atoms with Gasteiger partial charge >= 0.3 is 0 Å². The molecule has 1 N–H and O–H groups in total. The van der Waals surface area contributed by atoms with Gasteiger partial charge in [-0.15, -0.1) is 0 Å². The topological polar surface area (TPSA) is 49.7 Å². The van der Waals surface area contributed by atoms with Crippen molar-refractivity contribution in [3.05, 3.63) is 71.8 Å². The Kier molecular flexibility index (Phi) is 4.21. The lowest BCUT2D eigenvalue weighted by Crippen LogP contribution is -1.99. The molecule has 0 spiro atoms. The molecular formula is C16H15NO2. The van der Waals surface area contributed by atoms with Crippen LogP contribution in [0, 0.1) is 0 Å². The van der Waals surface area contributed by atoms with Crippen molar-refractivity contribution >= 4 is 11.6 Å². The number of aliphatic imine (C=N–C) groups is 1. The van der Waals surface area contributed by atoms with Crippen molar-refractivity contribution in [3.63, 3.8) is 0 Å². The molecule has 0 radical (unpaired) electrons. The van der Waals surface area contributed by atoms with E-state index in [9.17, 15) is 9.90 Å². The standard InChI is InChI=1S/C16H15NO2/c1-12(18)17-15-9-7-13(8-10-15)11-16(19)14-5-3-2-4-6-14/h2-11,16,19H,1H3. The van der Waals surface area contributed by atoms with Crippen molar-refractivity contribution in [3.8, 4) is 0 Å². The molecule has 0 aliphatic heterocycles. The number of allylic oxidation sites excluding steroid dienone is 5. The Balaban J connectivity index is 2.11. The Labute approximate surface area is 112 Å². The fraction of sp³-hybridized carbons (Fsp3) is 0.125. The zero-order valence-electron chi connectivity index (χ0n) is 10.7. The van der Waals surface area contributed by atoms with Crippen molar-refractivity contribution in [2.24, 2.45) is 4.99 Å². The van der Waals surface area contributed by atoms with Crippen LogP contribution >= 0.6 is 0 Å². The highest BCUT2D eigenvalue weighted by atomic mass is 16.3. The van der Waals surface area contributed by atoms with E-state index in [4.69, 9.17) is 0 Å². The number of aliphatic hydroxyl groups is 1. The fourth-order valence-electron chi connectivity index (χ4n) is 1.77. The predicted octanol–water partition coefficient (Wildman–Crippen LogP) is 2.76. The lowest BCUT2D eigenvalue weighted by Gasteiger charge is -2.08. The summed E-state index contributed by atoms with van der Waals surface area (Å²) in [6.07, 6.45) is 8.28. The van der Waals surface area contributed by atoms with E-state index in [0.717, 1.165) is 11.1 Å². The zero-order chi connectivity index (χ0) is 13.7. The Bertz CT molecular complexity index is 562. The van der Waals surface area contributed by atoms with Crippen molar-refractivity contribution in [1.29, 1.82) is 0 Å². The largest absolute Gasteiger partial charge is 0.384 e. The summed E-state index contributed by atoms with van der Waals surface area (Å²) in [6, 6.07) is 9.44. The molecule has 1 aliphatic carbocycles. The molecule has 1 aromatic rings. The van der Waals surface area contributed by atoms with Crippen LogP contribution in [0.4, 0.5) is 0 Å². The molecule has 1 unspecified atom stereocenters. The van der Waals surface area contributed by atoms with Gasteiger partial charge < -0.3 is 5.11 Å². The smallest absolute Gasteiger partial charge is 0.243 e. The molecule has 0 bridgehead atoms. The van der Waals surface area contributed by atoms with Crippen molar-refractivity contribution in [1.82, 2.24) is 0 Å². The third-order valence-corrected chi connectivity index (χ3v) is 2.67. The second-order valence-corrected chi connectivity index (χ2v) is 4.24. The summed E-state index contributed by atoms with van der Waals surface area (Å²) in [5.41, 5.74) is 2.36. The van der Waals surface area contributed by atoms with Gasteiger partial charge in [0.2, 0.25) is 5.91 Å². The Morgan fingerprint density at radius 3 is 2.37 bits per heavy atom. The molecule has 19 heavy (non-hydrogen) atoms. The van der Waals surface area contributed by atoms with E-state index in [1.165, 1.54) is 6.92 Å². The van der Waals surface area contributed by atoms with Crippen LogP contribution in [0.5, 0.6) is 0 Å². The summed E-state index contributed by atoms with van der Waals surface area (Å²) in [5.74, 6) is -0.221. The zero-order valence-corrected chi connectivity index (χ0v) is 10.7. The molecule has 0 saturated heterocycles. The first-order valence-electron chi connectivity index (χ1n) is 6.05. The average Bonchev–Trinajstić information content (AvgIpc) is 2.41. The first-order chi connectivity index (χ1) is 9.15. The van der Waals surface area contributed by atoms with E-state index >= 15 is 0 Å². The van der Waals surface area contributed by atoms with Gasteiger partial charge in [-0.05, 0) is 29.4 Å². The van der Waals surface area contributed by atoms with Crippen LogP contribution in [0.15, 0.2) is 71.3 Å². The number of hydrogen-bond acceptors (Lipinski definition) is 2. The SMILES string of the molecule is CC(=O)N=C1C=CC(=CC(O)c2ccccc2)C=C1. The maximum Gasteiger partial charge on any atom is 0.243 e. The first kappa shape index (κ1) is 13.2. The van der Waals surface area contributed by atoms with E-state index in [2.05, 4.69) is 4.99 Å². The number of hydrogen-bond donors (Lipinski definition) is 1. The van der Waals surface area contributed by atoms with Crippen LogP contribution in [0.2, 0.25) is 0 Å². The summed E-state index contributed by atoms with van der Waals surface area (Å²) in [6.45, 7) is 1.42. The number of amides is 1. The number of benzene rings is 1. The Morgan fingerprint density at radius 1 is 1.16 bits per heavy atom. The number of nitrogens with zero attached hydrogens (tertiary/aromatic N) is 1. The van der Waals surface area contributed by atoms with Crippen LogP contribution in [-0.4, -0.2) is 16.7 Å². The van der Waals surface area contributed by atoms with Crippen LogP contribution in [0.3, 0.4) is 0 Å². The number of aliphatic hydroxyl groups excluding tert-OH is 1. The second kappa shape index (κ2) is 6.07. The number of carbonyl (C=O) groups excluding carboxylic acids is 1. The fourth-order valence-corrected chi connectivity index (χ4v) is 1.77. The van der Waals surface area contributed by atoms with Crippen LogP contribution in [0.25, 0.3) is 0 Å². The van der Waals surface area contributed by atoms with Gasteiger partial charge in [0, 0.05) is 6.92 Å².